The van der Waals surface area contributed by atoms with Crippen molar-refractivity contribution in [2.45, 2.75) is 24.7 Å². The summed E-state index contributed by atoms with van der Waals surface area (Å²) in [6, 6.07) is -1.12. The van der Waals surface area contributed by atoms with Crippen LogP contribution in [-0.2, 0) is 29.6 Å². The molecule has 1 rings (SSSR count). The largest absolute Gasteiger partial charge is 0.735 e. The molecule has 0 bridgehead atoms. The quantitative estimate of drug-likeness (QED) is 0.398. The van der Waals surface area contributed by atoms with Crippen molar-refractivity contribution in [2.75, 3.05) is 13.2 Å². The van der Waals surface area contributed by atoms with E-state index in [1.807, 2.05) is 0 Å². The first-order valence-corrected chi connectivity index (χ1v) is 7.44. The molecule has 0 saturated carbocycles. The second kappa shape index (κ2) is 5.75. The molecule has 108 valence electrons. The van der Waals surface area contributed by atoms with E-state index in [9.17, 15) is 31.0 Å². The first kappa shape index (κ1) is 15.7. The Hall–Kier alpha value is -0.340. The van der Waals surface area contributed by atoms with Crippen LogP contribution in [0.2, 0.25) is 0 Å². The van der Waals surface area contributed by atoms with Gasteiger partial charge in [0.15, 0.2) is 10.3 Å². The molecule has 1 saturated heterocycles. The smallest absolute Gasteiger partial charge is 0.217 e. The molecule has 0 aromatic heterocycles. The monoisotopic (exact) mass is 305 g/mol. The zero-order valence-electron chi connectivity index (χ0n) is 8.88. The summed E-state index contributed by atoms with van der Waals surface area (Å²) in [5.74, 6) is 0. The van der Waals surface area contributed by atoms with Crippen molar-refractivity contribution in [3.8, 4) is 0 Å². The maximum atomic E-state index is 10.4. The number of nitrogens with one attached hydrogen (secondary N) is 1. The van der Waals surface area contributed by atoms with Crippen molar-refractivity contribution in [1.29, 1.82) is 0 Å². The predicted octanol–water partition coefficient (Wildman–Crippen LogP) is -2.97. The van der Waals surface area contributed by atoms with Gasteiger partial charge >= 0.3 is 0 Å². The van der Waals surface area contributed by atoms with Crippen LogP contribution < -0.4 is 4.72 Å². The number of aliphatic hydroxyl groups excluding tert-OH is 1. The molecular weight excluding hydrogens is 294 g/mol. The molecule has 1 heterocycles. The summed E-state index contributed by atoms with van der Waals surface area (Å²) >= 11 is 0. The predicted molar refractivity (Wildman–Crippen MR) is 52.6 cm³/mol. The van der Waals surface area contributed by atoms with Crippen LogP contribution in [0.25, 0.3) is 0 Å². The topological polar surface area (TPSA) is 165 Å². The van der Waals surface area contributed by atoms with Crippen LogP contribution >= 0.6 is 0 Å². The third kappa shape index (κ3) is 6.01. The van der Waals surface area contributed by atoms with Crippen molar-refractivity contribution in [2.24, 2.45) is 0 Å². The van der Waals surface area contributed by atoms with Crippen LogP contribution in [0.15, 0.2) is 0 Å². The fourth-order valence-electron chi connectivity index (χ4n) is 1.43. The summed E-state index contributed by atoms with van der Waals surface area (Å²) in [5, 5.41) is 9.50. The summed E-state index contributed by atoms with van der Waals surface area (Å²) in [6.07, 6.45) is -2.30. The first-order chi connectivity index (χ1) is 8.07. The van der Waals surface area contributed by atoms with Crippen LogP contribution in [0.4, 0.5) is 0 Å². The molecule has 0 radical (unpaired) electrons. The zero-order valence-corrected chi connectivity index (χ0v) is 10.5. The molecule has 1 aliphatic rings. The molecule has 0 aliphatic carbocycles. The van der Waals surface area contributed by atoms with Crippen molar-refractivity contribution in [3.05, 3.63) is 0 Å². The minimum Gasteiger partial charge on any atom is -0.735 e. The van der Waals surface area contributed by atoms with E-state index in [2.05, 4.69) is 4.18 Å². The summed E-state index contributed by atoms with van der Waals surface area (Å²) in [7, 11) is -9.58. The van der Waals surface area contributed by atoms with Gasteiger partial charge in [-0.15, -0.1) is 0 Å². The van der Waals surface area contributed by atoms with Gasteiger partial charge in [-0.25, -0.2) is 21.6 Å². The minimum absolute atomic E-state index is 0.178. The van der Waals surface area contributed by atoms with E-state index >= 15 is 0 Å². The summed E-state index contributed by atoms with van der Waals surface area (Å²) < 4.78 is 72.3. The van der Waals surface area contributed by atoms with Crippen LogP contribution in [0.1, 0.15) is 6.42 Å². The molecule has 0 amide bonds. The van der Waals surface area contributed by atoms with Crippen LogP contribution in [0, 0.1) is 0 Å². The number of rotatable bonds is 5. The fourth-order valence-corrected chi connectivity index (χ4v) is 2.34. The third-order valence-corrected chi connectivity index (χ3v) is 3.19. The van der Waals surface area contributed by atoms with Gasteiger partial charge in [0.1, 0.15) is 0 Å². The highest BCUT2D eigenvalue weighted by Gasteiger charge is 2.31. The van der Waals surface area contributed by atoms with E-state index in [1.165, 1.54) is 0 Å². The van der Waals surface area contributed by atoms with Gasteiger partial charge < -0.3 is 18.9 Å². The highest BCUT2D eigenvalue weighted by molar-refractivity contribution is 7.83. The Kier molecular flexibility index (Phi) is 5.02. The SMILES string of the molecule is O=S(=O)([O-])NC1CO[C@@H](COS(=O)(=O)[O-])CC1O. The number of aliphatic hydroxyl groups is 1. The van der Waals surface area contributed by atoms with Gasteiger partial charge in [-0.2, -0.15) is 0 Å². The first-order valence-electron chi connectivity index (χ1n) is 4.70. The van der Waals surface area contributed by atoms with Gasteiger partial charge in [-0.3, -0.25) is 4.18 Å². The fraction of sp³-hybridized carbons (Fsp3) is 1.00. The molecule has 18 heavy (non-hydrogen) atoms. The van der Waals surface area contributed by atoms with E-state index < -0.39 is 45.6 Å². The molecule has 0 aromatic carbocycles. The van der Waals surface area contributed by atoms with Crippen molar-refractivity contribution < 1.29 is 40.0 Å². The molecule has 0 aromatic rings. The average molecular weight is 305 g/mol. The Bertz CT molecular complexity index is 471. The minimum atomic E-state index is -4.86. The maximum absolute atomic E-state index is 10.4. The van der Waals surface area contributed by atoms with Crippen molar-refractivity contribution >= 4 is 20.7 Å². The molecule has 1 fully saturated rings. The summed E-state index contributed by atoms with van der Waals surface area (Å²) in [6.45, 7) is -0.921. The summed E-state index contributed by atoms with van der Waals surface area (Å²) in [4.78, 5) is 0. The van der Waals surface area contributed by atoms with Gasteiger partial charge in [0.25, 0.3) is 0 Å². The van der Waals surface area contributed by atoms with Gasteiger partial charge in [-0.1, -0.05) is 0 Å². The van der Waals surface area contributed by atoms with E-state index in [-0.39, 0.29) is 13.0 Å². The molecule has 0 spiro atoms. The number of hydrogen-bond donors (Lipinski definition) is 2. The molecule has 2 unspecified atom stereocenters. The zero-order chi connectivity index (χ0) is 14.0. The lowest BCUT2D eigenvalue weighted by molar-refractivity contribution is -0.0759. The molecule has 3 atom stereocenters. The molecule has 12 heteroatoms. The van der Waals surface area contributed by atoms with Crippen molar-refractivity contribution in [1.82, 2.24) is 4.72 Å². The second-order valence-electron chi connectivity index (χ2n) is 3.63. The normalized spacial score (nSPS) is 30.3. The molecule has 2 N–H and O–H groups in total. The lowest BCUT2D eigenvalue weighted by Gasteiger charge is -2.34. The highest BCUT2D eigenvalue weighted by atomic mass is 32.3. The highest BCUT2D eigenvalue weighted by Crippen LogP contribution is 2.15. The van der Waals surface area contributed by atoms with Crippen LogP contribution in [0.5, 0.6) is 0 Å². The van der Waals surface area contributed by atoms with E-state index in [0.717, 1.165) is 0 Å². The summed E-state index contributed by atoms with van der Waals surface area (Å²) in [5.41, 5.74) is 0. The van der Waals surface area contributed by atoms with E-state index in [0.29, 0.717) is 0 Å². The standard InChI is InChI=1S/C6H13NO9S2/c8-6-1-4(2-16-18(12,13)14)15-3-5(6)7-17(9,10)11/h4-8H,1-3H2,(H,9,10,11)(H,12,13,14)/p-2/t4-,5?,6?/m1/s1. The van der Waals surface area contributed by atoms with E-state index in [1.54, 1.807) is 4.72 Å². The molecule has 10 nitrogen and oxygen atoms in total. The Morgan fingerprint density at radius 3 is 2.39 bits per heavy atom. The number of ether oxygens (including phenoxy) is 1. The van der Waals surface area contributed by atoms with Gasteiger partial charge in [0.2, 0.25) is 10.4 Å². The lowest BCUT2D eigenvalue weighted by atomic mass is 10.0. The Balaban J connectivity index is 2.46. The second-order valence-corrected chi connectivity index (χ2v) is 5.83. The van der Waals surface area contributed by atoms with E-state index in [4.69, 9.17) is 4.74 Å². The van der Waals surface area contributed by atoms with Crippen molar-refractivity contribution in [3.63, 3.8) is 0 Å². The maximum Gasteiger partial charge on any atom is 0.217 e. The Morgan fingerprint density at radius 1 is 1.33 bits per heavy atom. The van der Waals surface area contributed by atoms with Gasteiger partial charge in [-0.05, 0) is 0 Å². The third-order valence-electron chi connectivity index (χ3n) is 2.17. The molecular formula is C6H11NO9S2-2. The molecule has 1 aliphatic heterocycles. The van der Waals surface area contributed by atoms with Gasteiger partial charge in [0, 0.05) is 6.42 Å². The Morgan fingerprint density at radius 2 is 1.94 bits per heavy atom. The van der Waals surface area contributed by atoms with Crippen LogP contribution in [-0.4, -0.2) is 62.5 Å². The average Bonchev–Trinajstić information content (AvgIpc) is 2.15. The number of hydrogen-bond acceptors (Lipinski definition) is 9. The lowest BCUT2D eigenvalue weighted by Crippen LogP contribution is -2.52. The Labute approximate surface area is 104 Å². The van der Waals surface area contributed by atoms with Gasteiger partial charge in [0.05, 0.1) is 31.5 Å². The van der Waals surface area contributed by atoms with Crippen LogP contribution in [0.3, 0.4) is 0 Å².